The standard InChI is InChI=1S/C52H103NO4/c1-3-5-7-9-11-13-15-17-19-21-23-25-27-29-31-33-35-37-39-41-43-45-49(55)47-52(57)53-50(48-54)51(56)46-44-42-40-38-36-34-32-30-28-26-24-22-20-18-16-14-12-10-8-6-4-2/h29,31,49-51,54-56H,3-28,30,32-48H2,1-2H3,(H,53,57)/b31-29-. The van der Waals surface area contributed by atoms with Gasteiger partial charge in [-0.1, -0.05) is 257 Å². The molecule has 5 heteroatoms. The van der Waals surface area contributed by atoms with Crippen molar-refractivity contribution in [3.05, 3.63) is 12.2 Å². The molecular formula is C52H103NO4. The number of hydrogen-bond donors (Lipinski definition) is 4. The van der Waals surface area contributed by atoms with Gasteiger partial charge in [0.1, 0.15) is 0 Å². The molecule has 0 radical (unpaired) electrons. The van der Waals surface area contributed by atoms with Gasteiger partial charge in [0, 0.05) is 0 Å². The zero-order valence-electron chi connectivity index (χ0n) is 38.7. The first-order valence-electron chi connectivity index (χ1n) is 26.0. The van der Waals surface area contributed by atoms with Gasteiger partial charge in [-0.05, 0) is 38.5 Å². The third kappa shape index (κ3) is 44.5. The first-order valence-corrected chi connectivity index (χ1v) is 26.0. The van der Waals surface area contributed by atoms with Crippen molar-refractivity contribution < 1.29 is 20.1 Å². The number of carbonyl (C=O) groups is 1. The smallest absolute Gasteiger partial charge is 0.222 e. The predicted octanol–water partition coefficient (Wildman–Crippen LogP) is 15.6. The number of nitrogens with one attached hydrogen (secondary N) is 1. The van der Waals surface area contributed by atoms with Crippen LogP contribution in [0.3, 0.4) is 0 Å². The number of hydrogen-bond acceptors (Lipinski definition) is 4. The fourth-order valence-corrected chi connectivity index (χ4v) is 8.34. The highest BCUT2D eigenvalue weighted by molar-refractivity contribution is 5.76. The molecule has 3 atom stereocenters. The normalized spacial score (nSPS) is 13.4. The van der Waals surface area contributed by atoms with Crippen LogP contribution in [0.5, 0.6) is 0 Å². The van der Waals surface area contributed by atoms with E-state index in [1.165, 1.54) is 231 Å². The summed E-state index contributed by atoms with van der Waals surface area (Å²) in [6.45, 7) is 4.29. The van der Waals surface area contributed by atoms with Gasteiger partial charge in [-0.2, -0.15) is 0 Å². The summed E-state index contributed by atoms with van der Waals surface area (Å²) < 4.78 is 0. The van der Waals surface area contributed by atoms with E-state index in [1.54, 1.807) is 0 Å². The Kier molecular flexibility index (Phi) is 47.0. The second kappa shape index (κ2) is 47.8. The molecule has 0 aliphatic carbocycles. The van der Waals surface area contributed by atoms with Crippen LogP contribution in [0.2, 0.25) is 0 Å². The molecule has 0 fully saturated rings. The second-order valence-electron chi connectivity index (χ2n) is 18.1. The molecule has 0 aliphatic rings. The van der Waals surface area contributed by atoms with Gasteiger partial charge in [0.05, 0.1) is 31.3 Å². The molecule has 57 heavy (non-hydrogen) atoms. The van der Waals surface area contributed by atoms with Crippen molar-refractivity contribution in [3.8, 4) is 0 Å². The summed E-state index contributed by atoms with van der Waals surface area (Å²) in [5, 5.41) is 33.6. The van der Waals surface area contributed by atoms with Crippen LogP contribution in [-0.4, -0.2) is 46.1 Å². The van der Waals surface area contributed by atoms with E-state index in [1.807, 2.05) is 0 Å². The van der Waals surface area contributed by atoms with Crippen LogP contribution < -0.4 is 5.32 Å². The monoisotopic (exact) mass is 806 g/mol. The van der Waals surface area contributed by atoms with E-state index in [2.05, 4.69) is 31.3 Å². The third-order valence-corrected chi connectivity index (χ3v) is 12.3. The summed E-state index contributed by atoms with van der Waals surface area (Å²) in [7, 11) is 0. The van der Waals surface area contributed by atoms with Crippen LogP contribution in [0.4, 0.5) is 0 Å². The highest BCUT2D eigenvalue weighted by atomic mass is 16.3. The van der Waals surface area contributed by atoms with Crippen molar-refractivity contribution >= 4 is 5.91 Å². The van der Waals surface area contributed by atoms with Crippen LogP contribution in [0, 0.1) is 0 Å². The third-order valence-electron chi connectivity index (χ3n) is 12.3. The molecule has 0 aliphatic heterocycles. The van der Waals surface area contributed by atoms with Gasteiger partial charge < -0.3 is 20.6 Å². The highest BCUT2D eigenvalue weighted by Crippen LogP contribution is 2.17. The maximum absolute atomic E-state index is 12.5. The molecule has 0 aromatic carbocycles. The van der Waals surface area contributed by atoms with Crippen LogP contribution in [0.25, 0.3) is 0 Å². The summed E-state index contributed by atoms with van der Waals surface area (Å²) in [4.78, 5) is 12.5. The molecule has 5 nitrogen and oxygen atoms in total. The van der Waals surface area contributed by atoms with Crippen LogP contribution in [0.15, 0.2) is 12.2 Å². The molecule has 0 aromatic heterocycles. The molecule has 0 rings (SSSR count). The summed E-state index contributed by atoms with van der Waals surface area (Å²) in [5.74, 6) is -0.283. The maximum Gasteiger partial charge on any atom is 0.222 e. The van der Waals surface area contributed by atoms with E-state index in [9.17, 15) is 20.1 Å². The summed E-state index contributed by atoms with van der Waals surface area (Å²) in [6, 6.07) is -0.659. The number of aliphatic hydroxyl groups is 3. The lowest BCUT2D eigenvalue weighted by atomic mass is 10.0. The maximum atomic E-state index is 12.5. The van der Waals surface area contributed by atoms with Crippen molar-refractivity contribution in [3.63, 3.8) is 0 Å². The van der Waals surface area contributed by atoms with Gasteiger partial charge in [0.2, 0.25) is 5.91 Å². The Bertz CT molecular complexity index is 803. The SMILES string of the molecule is CCCCCCCCCCCCCC/C=C\CCCCCCCC(O)CC(=O)NC(CO)C(O)CCCCCCCCCCCCCCCCCCCCCCC. The zero-order chi connectivity index (χ0) is 41.5. The van der Waals surface area contributed by atoms with E-state index < -0.39 is 18.2 Å². The van der Waals surface area contributed by atoms with Crippen LogP contribution >= 0.6 is 0 Å². The minimum absolute atomic E-state index is 0.0343. The Morgan fingerprint density at radius 2 is 0.702 bits per heavy atom. The molecule has 1 amide bonds. The van der Waals surface area contributed by atoms with Gasteiger partial charge in [0.25, 0.3) is 0 Å². The number of aliphatic hydroxyl groups excluding tert-OH is 3. The quantitative estimate of drug-likeness (QED) is 0.0364. The Balaban J connectivity index is 3.56. The molecule has 0 aromatic rings. The van der Waals surface area contributed by atoms with Gasteiger partial charge in [-0.15, -0.1) is 0 Å². The lowest BCUT2D eigenvalue weighted by Gasteiger charge is -2.23. The molecule has 0 bridgehead atoms. The number of allylic oxidation sites excluding steroid dienone is 2. The van der Waals surface area contributed by atoms with Crippen LogP contribution in [-0.2, 0) is 4.79 Å². The largest absolute Gasteiger partial charge is 0.394 e. The summed E-state index contributed by atoms with van der Waals surface area (Å²) in [6.07, 6.45) is 57.7. The number of rotatable bonds is 48. The minimum atomic E-state index is -0.749. The molecule has 0 saturated heterocycles. The van der Waals surface area contributed by atoms with E-state index in [-0.39, 0.29) is 18.9 Å². The van der Waals surface area contributed by atoms with Crippen molar-refractivity contribution in [2.75, 3.05) is 6.61 Å². The molecule has 0 heterocycles. The fraction of sp³-hybridized carbons (Fsp3) is 0.942. The van der Waals surface area contributed by atoms with E-state index in [0.29, 0.717) is 12.8 Å². The van der Waals surface area contributed by atoms with Gasteiger partial charge >= 0.3 is 0 Å². The Morgan fingerprint density at radius 3 is 1.02 bits per heavy atom. The topological polar surface area (TPSA) is 89.8 Å². The lowest BCUT2D eigenvalue weighted by Crippen LogP contribution is -2.46. The number of unbranched alkanes of at least 4 members (excludes halogenated alkanes) is 37. The molecule has 3 unspecified atom stereocenters. The lowest BCUT2D eigenvalue weighted by molar-refractivity contribution is -0.125. The average Bonchev–Trinajstić information content (AvgIpc) is 3.20. The summed E-state index contributed by atoms with van der Waals surface area (Å²) >= 11 is 0. The number of amides is 1. The van der Waals surface area contributed by atoms with Crippen molar-refractivity contribution in [1.29, 1.82) is 0 Å². The van der Waals surface area contributed by atoms with Gasteiger partial charge in [-0.25, -0.2) is 0 Å². The molecular weight excluding hydrogens is 703 g/mol. The van der Waals surface area contributed by atoms with Gasteiger partial charge in [0.15, 0.2) is 0 Å². The first-order chi connectivity index (χ1) is 28.0. The highest BCUT2D eigenvalue weighted by Gasteiger charge is 2.21. The van der Waals surface area contributed by atoms with Gasteiger partial charge in [-0.3, -0.25) is 4.79 Å². The van der Waals surface area contributed by atoms with Crippen molar-refractivity contribution in [1.82, 2.24) is 5.32 Å². The fourth-order valence-electron chi connectivity index (χ4n) is 8.34. The molecule has 4 N–H and O–H groups in total. The zero-order valence-corrected chi connectivity index (χ0v) is 38.7. The molecule has 0 saturated carbocycles. The summed E-state index contributed by atoms with van der Waals surface area (Å²) in [5.41, 5.74) is 0. The average molecular weight is 806 g/mol. The second-order valence-corrected chi connectivity index (χ2v) is 18.1. The minimum Gasteiger partial charge on any atom is -0.394 e. The Morgan fingerprint density at radius 1 is 0.421 bits per heavy atom. The van der Waals surface area contributed by atoms with E-state index in [0.717, 1.165) is 25.7 Å². The Labute approximate surface area is 357 Å². The van der Waals surface area contributed by atoms with Crippen LogP contribution in [0.1, 0.15) is 290 Å². The first kappa shape index (κ1) is 56.1. The number of carbonyl (C=O) groups excluding carboxylic acids is 1. The van der Waals surface area contributed by atoms with Crippen molar-refractivity contribution in [2.24, 2.45) is 0 Å². The molecule has 0 spiro atoms. The Hall–Kier alpha value is -0.910. The van der Waals surface area contributed by atoms with E-state index >= 15 is 0 Å². The van der Waals surface area contributed by atoms with E-state index in [4.69, 9.17) is 0 Å². The molecule has 340 valence electrons. The predicted molar refractivity (Wildman–Crippen MR) is 250 cm³/mol. The van der Waals surface area contributed by atoms with Crippen molar-refractivity contribution in [2.45, 2.75) is 308 Å².